The van der Waals surface area contributed by atoms with Crippen LogP contribution in [0.2, 0.25) is 0 Å². The molecule has 3 N–H and O–H groups in total. The first-order valence-corrected chi connectivity index (χ1v) is 43.3. The van der Waals surface area contributed by atoms with Crippen molar-refractivity contribution in [2.75, 3.05) is 39.6 Å². The van der Waals surface area contributed by atoms with Gasteiger partial charge in [0.1, 0.15) is 19.3 Å². The number of aliphatic hydroxyl groups excluding tert-OH is 1. The second-order valence-electron chi connectivity index (χ2n) is 29.5. The lowest BCUT2D eigenvalue weighted by atomic mass is 10.0. The molecule has 0 aliphatic rings. The number of hydrogen-bond donors (Lipinski definition) is 3. The van der Waals surface area contributed by atoms with E-state index in [1.807, 2.05) is 0 Å². The van der Waals surface area contributed by atoms with E-state index >= 15 is 0 Å². The second-order valence-corrected chi connectivity index (χ2v) is 32.4. The van der Waals surface area contributed by atoms with Gasteiger partial charge in [0, 0.05) is 25.7 Å². The standard InChI is InChI=1S/C78H152O17P2/c1-8-9-10-11-12-13-14-15-16-17-18-19-26-31-40-47-54-61-77(82)94-73(65-88-75(80)59-52-45-38-30-25-21-20-23-28-35-42-49-56-69(2)3)67-92-96(84,85)90-63-72(79)64-91-97(86,87)93-68-74(66-89-76(81)60-53-46-39-34-33-37-44-51-58-71(6)7)95-78(83)62-55-48-41-32-27-22-24-29-36-43-50-57-70(4)5/h69-74,79H,8-68H2,1-7H3,(H,84,85)(H,86,87)/t72-,73-,74-/m1/s1. The summed E-state index contributed by atoms with van der Waals surface area (Å²) in [4.78, 5) is 72.9. The Balaban J connectivity index is 5.26. The summed E-state index contributed by atoms with van der Waals surface area (Å²) in [6, 6.07) is 0. The van der Waals surface area contributed by atoms with Gasteiger partial charge in [0.25, 0.3) is 0 Å². The Bertz CT molecular complexity index is 1890. The normalized spacial score (nSPS) is 14.0. The third-order valence-corrected chi connectivity index (χ3v) is 20.0. The summed E-state index contributed by atoms with van der Waals surface area (Å²) in [5, 5.41) is 10.6. The molecule has 0 radical (unpaired) electrons. The first-order valence-electron chi connectivity index (χ1n) is 40.3. The average Bonchev–Trinajstić information content (AvgIpc) is 1.15. The molecule has 0 bridgehead atoms. The summed E-state index contributed by atoms with van der Waals surface area (Å²) in [6.07, 6.45) is 55.4. The quantitative estimate of drug-likeness (QED) is 0.0222. The highest BCUT2D eigenvalue weighted by molar-refractivity contribution is 7.47. The third kappa shape index (κ3) is 72.2. The molecule has 0 saturated heterocycles. The van der Waals surface area contributed by atoms with Crippen LogP contribution in [-0.4, -0.2) is 96.7 Å². The van der Waals surface area contributed by atoms with Crippen molar-refractivity contribution in [3.63, 3.8) is 0 Å². The molecule has 0 aliphatic carbocycles. The Morgan fingerprint density at radius 3 is 0.701 bits per heavy atom. The highest BCUT2D eigenvalue weighted by Gasteiger charge is 2.30. The van der Waals surface area contributed by atoms with Gasteiger partial charge in [-0.25, -0.2) is 9.13 Å². The van der Waals surface area contributed by atoms with Crippen LogP contribution in [0, 0.1) is 17.8 Å². The van der Waals surface area contributed by atoms with Crippen molar-refractivity contribution in [1.82, 2.24) is 0 Å². The number of hydrogen-bond acceptors (Lipinski definition) is 15. The topological polar surface area (TPSA) is 237 Å². The summed E-state index contributed by atoms with van der Waals surface area (Å²) in [5.74, 6) is 0.159. The molecule has 0 aliphatic heterocycles. The summed E-state index contributed by atoms with van der Waals surface area (Å²) in [5.41, 5.74) is 0. The van der Waals surface area contributed by atoms with E-state index in [0.717, 1.165) is 108 Å². The van der Waals surface area contributed by atoms with E-state index in [0.29, 0.717) is 25.7 Å². The number of phosphoric acid groups is 2. The minimum absolute atomic E-state index is 0.106. The van der Waals surface area contributed by atoms with Gasteiger partial charge in [-0.05, 0) is 43.4 Å². The minimum atomic E-state index is -4.96. The van der Waals surface area contributed by atoms with Crippen LogP contribution in [-0.2, 0) is 65.4 Å². The summed E-state index contributed by atoms with van der Waals surface area (Å²) < 4.78 is 68.6. The van der Waals surface area contributed by atoms with Crippen molar-refractivity contribution in [2.45, 2.75) is 420 Å². The minimum Gasteiger partial charge on any atom is -0.462 e. The third-order valence-electron chi connectivity index (χ3n) is 18.1. The van der Waals surface area contributed by atoms with E-state index in [9.17, 15) is 43.2 Å². The molecule has 0 heterocycles. The van der Waals surface area contributed by atoms with Crippen molar-refractivity contribution < 1.29 is 80.2 Å². The number of ether oxygens (including phenoxy) is 4. The Labute approximate surface area is 594 Å². The van der Waals surface area contributed by atoms with Gasteiger partial charge in [0.05, 0.1) is 26.4 Å². The molecule has 0 spiro atoms. The summed E-state index contributed by atoms with van der Waals surface area (Å²) in [7, 11) is -9.92. The fraction of sp³-hybridized carbons (Fsp3) is 0.949. The lowest BCUT2D eigenvalue weighted by Crippen LogP contribution is -2.30. The van der Waals surface area contributed by atoms with E-state index in [2.05, 4.69) is 48.5 Å². The fourth-order valence-electron chi connectivity index (χ4n) is 12.0. The SMILES string of the molecule is CCCCCCCCCCCCCCCCCCCC(=O)O[C@H](COC(=O)CCCCCCCCCCCCCCC(C)C)COP(=O)(O)OC[C@@H](O)COP(=O)(O)OC[C@@H](COC(=O)CCCCCCCCCCC(C)C)OC(=O)CCCCCCCCCCCCCC(C)C. The van der Waals surface area contributed by atoms with E-state index in [1.165, 1.54) is 212 Å². The van der Waals surface area contributed by atoms with Gasteiger partial charge < -0.3 is 33.8 Å². The van der Waals surface area contributed by atoms with Gasteiger partial charge in [-0.2, -0.15) is 0 Å². The van der Waals surface area contributed by atoms with Crippen molar-refractivity contribution in [3.8, 4) is 0 Å². The smallest absolute Gasteiger partial charge is 0.462 e. The van der Waals surface area contributed by atoms with Crippen LogP contribution in [0.15, 0.2) is 0 Å². The van der Waals surface area contributed by atoms with Crippen LogP contribution < -0.4 is 0 Å². The molecule has 0 amide bonds. The molecular weight excluding hydrogens is 1270 g/mol. The highest BCUT2D eigenvalue weighted by atomic mass is 31.2. The van der Waals surface area contributed by atoms with Gasteiger partial charge >= 0.3 is 39.5 Å². The van der Waals surface area contributed by atoms with E-state index in [4.69, 9.17) is 37.0 Å². The molecule has 0 saturated carbocycles. The maximum absolute atomic E-state index is 13.1. The molecule has 0 rings (SSSR count). The van der Waals surface area contributed by atoms with Crippen molar-refractivity contribution >= 4 is 39.5 Å². The molecule has 17 nitrogen and oxygen atoms in total. The van der Waals surface area contributed by atoms with Crippen LogP contribution in [0.5, 0.6) is 0 Å². The van der Waals surface area contributed by atoms with Gasteiger partial charge in [-0.15, -0.1) is 0 Å². The molecule has 19 heteroatoms. The molecule has 0 fully saturated rings. The van der Waals surface area contributed by atoms with Crippen molar-refractivity contribution in [2.24, 2.45) is 17.8 Å². The summed E-state index contributed by atoms with van der Waals surface area (Å²) in [6.45, 7) is 11.9. The van der Waals surface area contributed by atoms with E-state index in [1.54, 1.807) is 0 Å². The van der Waals surface area contributed by atoms with Crippen molar-refractivity contribution in [1.29, 1.82) is 0 Å². The largest absolute Gasteiger partial charge is 0.472 e. The number of rotatable bonds is 76. The average molecular weight is 1420 g/mol. The predicted octanol–water partition coefficient (Wildman–Crippen LogP) is 23.0. The lowest BCUT2D eigenvalue weighted by molar-refractivity contribution is -0.161. The molecule has 0 aromatic heterocycles. The molecule has 0 aromatic carbocycles. The number of phosphoric ester groups is 2. The Morgan fingerprint density at radius 1 is 0.278 bits per heavy atom. The second kappa shape index (κ2) is 68.5. The Morgan fingerprint density at radius 2 is 0.474 bits per heavy atom. The number of unbranched alkanes of at least 4 members (excludes halogenated alkanes) is 44. The molecule has 0 aromatic rings. The molecular formula is C78H152O17P2. The lowest BCUT2D eigenvalue weighted by Gasteiger charge is -2.21. The maximum Gasteiger partial charge on any atom is 0.472 e. The Hall–Kier alpha value is -1.94. The van der Waals surface area contributed by atoms with Gasteiger partial charge in [0.2, 0.25) is 0 Å². The van der Waals surface area contributed by atoms with Gasteiger partial charge in [-0.1, -0.05) is 350 Å². The van der Waals surface area contributed by atoms with Crippen LogP contribution >= 0.6 is 15.6 Å². The van der Waals surface area contributed by atoms with Crippen LogP contribution in [0.3, 0.4) is 0 Å². The zero-order chi connectivity index (χ0) is 71.6. The molecule has 5 atom stereocenters. The molecule has 2 unspecified atom stereocenters. The van der Waals surface area contributed by atoms with Crippen LogP contribution in [0.1, 0.15) is 402 Å². The molecule has 576 valence electrons. The number of esters is 4. The van der Waals surface area contributed by atoms with E-state index < -0.39 is 97.5 Å². The fourth-order valence-corrected chi connectivity index (χ4v) is 13.5. The zero-order valence-corrected chi connectivity index (χ0v) is 65.3. The monoisotopic (exact) mass is 1420 g/mol. The summed E-state index contributed by atoms with van der Waals surface area (Å²) >= 11 is 0. The number of carbonyl (C=O) groups is 4. The number of aliphatic hydroxyl groups is 1. The van der Waals surface area contributed by atoms with Gasteiger partial charge in [0.15, 0.2) is 12.2 Å². The van der Waals surface area contributed by atoms with E-state index in [-0.39, 0.29) is 25.7 Å². The highest BCUT2D eigenvalue weighted by Crippen LogP contribution is 2.45. The molecule has 97 heavy (non-hydrogen) atoms. The zero-order valence-electron chi connectivity index (χ0n) is 63.5. The Kier molecular flexibility index (Phi) is 67.1. The van der Waals surface area contributed by atoms with Crippen LogP contribution in [0.4, 0.5) is 0 Å². The first kappa shape index (κ1) is 95.1. The number of carbonyl (C=O) groups excluding carboxylic acids is 4. The first-order chi connectivity index (χ1) is 46.7. The van der Waals surface area contributed by atoms with Crippen molar-refractivity contribution in [3.05, 3.63) is 0 Å². The maximum atomic E-state index is 13.1. The van der Waals surface area contributed by atoms with Gasteiger partial charge in [-0.3, -0.25) is 37.3 Å². The van der Waals surface area contributed by atoms with Crippen LogP contribution in [0.25, 0.3) is 0 Å². The predicted molar refractivity (Wildman–Crippen MR) is 395 cm³/mol.